The lowest BCUT2D eigenvalue weighted by Crippen LogP contribution is -2.11. The van der Waals surface area contributed by atoms with Gasteiger partial charge in [0.15, 0.2) is 5.13 Å². The Balaban J connectivity index is 1.56. The van der Waals surface area contributed by atoms with Crippen LogP contribution in [-0.2, 0) is 0 Å². The number of fused-ring (bicyclic) bond motifs is 1. The van der Waals surface area contributed by atoms with Crippen molar-refractivity contribution in [3.05, 3.63) is 58.9 Å². The number of rotatable bonds is 5. The van der Waals surface area contributed by atoms with E-state index >= 15 is 0 Å². The number of thiazole rings is 2. The number of hydrogen-bond acceptors (Lipinski definition) is 6. The first-order chi connectivity index (χ1) is 13.5. The lowest BCUT2D eigenvalue weighted by Gasteiger charge is -2.00. The molecule has 2 heterocycles. The van der Waals surface area contributed by atoms with Gasteiger partial charge in [-0.2, -0.15) is 0 Å². The quantitative estimate of drug-likeness (QED) is 0.468. The van der Waals surface area contributed by atoms with Crippen LogP contribution in [0.4, 0.5) is 9.52 Å². The molecule has 8 heteroatoms. The number of benzene rings is 2. The Hall–Kier alpha value is -2.84. The molecule has 2 aromatic heterocycles. The monoisotopic (exact) mass is 413 g/mol. The van der Waals surface area contributed by atoms with Crippen molar-refractivity contribution in [1.29, 1.82) is 0 Å². The standard InChI is InChI=1S/C20H16FN3O2S2/c1-3-26-14-8-9-15-16(10-14)27-20(23-15)24-18(25)17-11(2)22-19(28-17)12-4-6-13(21)7-5-12/h4-10H,3H2,1-2H3,(H,23,24,25). The van der Waals surface area contributed by atoms with E-state index in [4.69, 9.17) is 4.74 Å². The first kappa shape index (κ1) is 18.5. The minimum atomic E-state index is -0.307. The summed E-state index contributed by atoms with van der Waals surface area (Å²) in [5, 5.41) is 4.04. The molecule has 0 bridgehead atoms. The third-order valence-electron chi connectivity index (χ3n) is 3.99. The van der Waals surface area contributed by atoms with Gasteiger partial charge in [0.2, 0.25) is 0 Å². The van der Waals surface area contributed by atoms with Crippen LogP contribution in [-0.4, -0.2) is 22.5 Å². The molecule has 0 aliphatic rings. The molecule has 5 nitrogen and oxygen atoms in total. The van der Waals surface area contributed by atoms with E-state index in [-0.39, 0.29) is 11.7 Å². The average molecular weight is 413 g/mol. The molecule has 28 heavy (non-hydrogen) atoms. The highest BCUT2D eigenvalue weighted by Gasteiger charge is 2.18. The lowest BCUT2D eigenvalue weighted by atomic mass is 10.2. The van der Waals surface area contributed by atoms with Crippen molar-refractivity contribution in [2.24, 2.45) is 0 Å². The Morgan fingerprint density at radius 3 is 2.68 bits per heavy atom. The van der Waals surface area contributed by atoms with Gasteiger partial charge in [-0.3, -0.25) is 10.1 Å². The Morgan fingerprint density at radius 1 is 1.14 bits per heavy atom. The molecule has 1 N–H and O–H groups in total. The maximum atomic E-state index is 13.1. The SMILES string of the molecule is CCOc1ccc2nc(NC(=O)c3sc(-c4ccc(F)cc4)nc3C)sc2c1. The summed E-state index contributed by atoms with van der Waals surface area (Å²) in [6, 6.07) is 11.7. The van der Waals surface area contributed by atoms with E-state index in [1.807, 2.05) is 25.1 Å². The predicted octanol–water partition coefficient (Wildman–Crippen LogP) is 5.52. The van der Waals surface area contributed by atoms with E-state index in [2.05, 4.69) is 15.3 Å². The summed E-state index contributed by atoms with van der Waals surface area (Å²) in [5.41, 5.74) is 2.20. The number of ether oxygens (including phenoxy) is 1. The topological polar surface area (TPSA) is 64.1 Å². The molecule has 0 saturated heterocycles. The molecule has 0 spiro atoms. The second-order valence-corrected chi connectivity index (χ2v) is 8.01. The fourth-order valence-corrected chi connectivity index (χ4v) is 4.55. The van der Waals surface area contributed by atoms with E-state index in [1.54, 1.807) is 19.1 Å². The molecule has 2 aromatic carbocycles. The molecule has 4 aromatic rings. The van der Waals surface area contributed by atoms with Crippen LogP contribution in [0.15, 0.2) is 42.5 Å². The molecule has 1 amide bonds. The van der Waals surface area contributed by atoms with Gasteiger partial charge in [0.25, 0.3) is 5.91 Å². The van der Waals surface area contributed by atoms with Gasteiger partial charge < -0.3 is 4.74 Å². The molecule has 0 fully saturated rings. The number of aryl methyl sites for hydroxylation is 1. The van der Waals surface area contributed by atoms with Gasteiger partial charge in [-0.05, 0) is 56.3 Å². The van der Waals surface area contributed by atoms with Crippen molar-refractivity contribution < 1.29 is 13.9 Å². The number of halogens is 1. The first-order valence-electron chi connectivity index (χ1n) is 8.61. The van der Waals surface area contributed by atoms with Gasteiger partial charge in [0.05, 0.1) is 22.5 Å². The highest BCUT2D eigenvalue weighted by molar-refractivity contribution is 7.22. The number of carbonyl (C=O) groups is 1. The first-order valence-corrected chi connectivity index (χ1v) is 10.2. The molecule has 0 atom stereocenters. The van der Waals surface area contributed by atoms with Crippen LogP contribution in [0.3, 0.4) is 0 Å². The van der Waals surface area contributed by atoms with Gasteiger partial charge in [0, 0.05) is 5.56 Å². The Kier molecular flexibility index (Phi) is 5.06. The van der Waals surface area contributed by atoms with Crippen molar-refractivity contribution in [2.45, 2.75) is 13.8 Å². The highest BCUT2D eigenvalue weighted by Crippen LogP contribution is 2.32. The number of anilines is 1. The molecule has 0 unspecified atom stereocenters. The summed E-state index contributed by atoms with van der Waals surface area (Å²) >= 11 is 2.66. The molecule has 0 aliphatic carbocycles. The van der Waals surface area contributed by atoms with Crippen LogP contribution in [0.1, 0.15) is 22.3 Å². The summed E-state index contributed by atoms with van der Waals surface area (Å²) in [6.07, 6.45) is 0. The summed E-state index contributed by atoms with van der Waals surface area (Å²) < 4.78 is 19.6. The maximum Gasteiger partial charge on any atom is 0.269 e. The number of nitrogens with one attached hydrogen (secondary N) is 1. The summed E-state index contributed by atoms with van der Waals surface area (Å²) in [6.45, 7) is 4.31. The van der Waals surface area contributed by atoms with Gasteiger partial charge in [-0.25, -0.2) is 14.4 Å². The second-order valence-electron chi connectivity index (χ2n) is 5.98. The minimum absolute atomic E-state index is 0.257. The number of aromatic nitrogens is 2. The van der Waals surface area contributed by atoms with Gasteiger partial charge in [0.1, 0.15) is 21.5 Å². The van der Waals surface area contributed by atoms with E-state index in [9.17, 15) is 9.18 Å². The van der Waals surface area contributed by atoms with E-state index < -0.39 is 0 Å². The second kappa shape index (κ2) is 7.65. The van der Waals surface area contributed by atoms with Gasteiger partial charge in [-0.15, -0.1) is 11.3 Å². The van der Waals surface area contributed by atoms with Gasteiger partial charge in [-0.1, -0.05) is 11.3 Å². The van der Waals surface area contributed by atoms with Crippen LogP contribution in [0.5, 0.6) is 5.75 Å². The van der Waals surface area contributed by atoms with Crippen molar-refractivity contribution in [3.63, 3.8) is 0 Å². The Bertz CT molecular complexity index is 1150. The number of hydrogen-bond donors (Lipinski definition) is 1. The Labute approximate surface area is 168 Å². The molecule has 0 aliphatic heterocycles. The van der Waals surface area contributed by atoms with Crippen molar-refractivity contribution in [2.75, 3.05) is 11.9 Å². The molecule has 142 valence electrons. The molecular formula is C20H16FN3O2S2. The molecule has 4 rings (SSSR count). The zero-order valence-electron chi connectivity index (χ0n) is 15.2. The minimum Gasteiger partial charge on any atom is -0.494 e. The third-order valence-corrected chi connectivity index (χ3v) is 6.12. The molecule has 0 radical (unpaired) electrons. The number of nitrogens with zero attached hydrogens (tertiary/aromatic N) is 2. The predicted molar refractivity (Wildman–Crippen MR) is 111 cm³/mol. The zero-order valence-corrected chi connectivity index (χ0v) is 16.8. The van der Waals surface area contributed by atoms with Gasteiger partial charge >= 0.3 is 0 Å². The van der Waals surface area contributed by atoms with Crippen LogP contribution >= 0.6 is 22.7 Å². The molecule has 0 saturated carbocycles. The van der Waals surface area contributed by atoms with Crippen LogP contribution in [0.25, 0.3) is 20.8 Å². The highest BCUT2D eigenvalue weighted by atomic mass is 32.1. The maximum absolute atomic E-state index is 13.1. The molecular weight excluding hydrogens is 397 g/mol. The van der Waals surface area contributed by atoms with Crippen LogP contribution in [0.2, 0.25) is 0 Å². The van der Waals surface area contributed by atoms with Crippen molar-refractivity contribution in [3.8, 4) is 16.3 Å². The van der Waals surface area contributed by atoms with Crippen molar-refractivity contribution in [1.82, 2.24) is 9.97 Å². The van der Waals surface area contributed by atoms with E-state index in [0.717, 1.165) is 21.5 Å². The fourth-order valence-electron chi connectivity index (χ4n) is 2.69. The van der Waals surface area contributed by atoms with E-state index in [1.165, 1.54) is 34.8 Å². The summed E-state index contributed by atoms with van der Waals surface area (Å²) in [7, 11) is 0. The van der Waals surface area contributed by atoms with Crippen molar-refractivity contribution >= 4 is 43.9 Å². The third kappa shape index (κ3) is 3.74. The number of amides is 1. The average Bonchev–Trinajstić information content (AvgIpc) is 3.25. The zero-order chi connectivity index (χ0) is 19.7. The summed E-state index contributed by atoms with van der Waals surface area (Å²) in [4.78, 5) is 22.1. The Morgan fingerprint density at radius 2 is 1.93 bits per heavy atom. The fraction of sp³-hybridized carbons (Fsp3) is 0.150. The number of carbonyl (C=O) groups excluding carboxylic acids is 1. The largest absolute Gasteiger partial charge is 0.494 e. The van der Waals surface area contributed by atoms with E-state index in [0.29, 0.717) is 27.3 Å². The lowest BCUT2D eigenvalue weighted by molar-refractivity contribution is 0.103. The van der Waals surface area contributed by atoms with Crippen LogP contribution < -0.4 is 10.1 Å². The normalized spacial score (nSPS) is 11.0. The summed E-state index contributed by atoms with van der Waals surface area (Å²) in [5.74, 6) is 0.213. The smallest absolute Gasteiger partial charge is 0.269 e. The van der Waals surface area contributed by atoms with Crippen LogP contribution in [0, 0.1) is 12.7 Å².